The van der Waals surface area contributed by atoms with Crippen LogP contribution in [0.3, 0.4) is 0 Å². The fourth-order valence-corrected chi connectivity index (χ4v) is 3.16. The van der Waals surface area contributed by atoms with E-state index in [1.807, 2.05) is 6.92 Å². The molecule has 29 heavy (non-hydrogen) atoms. The van der Waals surface area contributed by atoms with Crippen molar-refractivity contribution in [1.82, 2.24) is 5.32 Å². The van der Waals surface area contributed by atoms with Gasteiger partial charge in [0.05, 0.1) is 0 Å². The molecule has 0 unspecified atom stereocenters. The molecule has 0 radical (unpaired) electrons. The Morgan fingerprint density at radius 3 is 2.34 bits per heavy atom. The molecule has 154 valence electrons. The van der Waals surface area contributed by atoms with Crippen molar-refractivity contribution in [2.24, 2.45) is 0 Å². The summed E-state index contributed by atoms with van der Waals surface area (Å²) >= 11 is 0. The van der Waals surface area contributed by atoms with Crippen LogP contribution in [0.25, 0.3) is 11.1 Å². The molecular formula is C25H31FN2O. The van der Waals surface area contributed by atoms with Gasteiger partial charge in [-0.1, -0.05) is 55.5 Å². The van der Waals surface area contributed by atoms with E-state index >= 15 is 0 Å². The first-order chi connectivity index (χ1) is 14.3. The van der Waals surface area contributed by atoms with Crippen molar-refractivity contribution in [3.63, 3.8) is 0 Å². The third kappa shape index (κ3) is 7.33. The number of anilines is 1. The van der Waals surface area contributed by atoms with Gasteiger partial charge in [-0.2, -0.15) is 0 Å². The van der Waals surface area contributed by atoms with E-state index < -0.39 is 0 Å². The van der Waals surface area contributed by atoms with Gasteiger partial charge in [0.15, 0.2) is 0 Å². The molecule has 0 aromatic heterocycles. The zero-order valence-electron chi connectivity index (χ0n) is 17.3. The molecule has 3 nitrogen and oxygen atoms in total. The van der Waals surface area contributed by atoms with Gasteiger partial charge in [0.2, 0.25) is 0 Å². The molecular weight excluding hydrogens is 363 g/mol. The minimum Gasteiger partial charge on any atom is -0.400 e. The Bertz CT molecular complexity index is 835. The van der Waals surface area contributed by atoms with Crippen LogP contribution in [0.1, 0.15) is 24.5 Å². The van der Waals surface area contributed by atoms with Crippen LogP contribution >= 0.6 is 0 Å². The number of halogens is 1. The Hall–Kier alpha value is -2.69. The molecule has 1 aliphatic rings. The maximum absolute atomic E-state index is 12.4. The van der Waals surface area contributed by atoms with Gasteiger partial charge in [0.1, 0.15) is 5.82 Å². The summed E-state index contributed by atoms with van der Waals surface area (Å²) in [7, 11) is 1.00. The predicted octanol–water partition coefficient (Wildman–Crippen LogP) is 5.26. The van der Waals surface area contributed by atoms with Crippen molar-refractivity contribution in [2.45, 2.75) is 26.3 Å². The first kappa shape index (κ1) is 22.6. The fraction of sp³-hybridized carbons (Fsp3) is 0.280. The second-order valence-electron chi connectivity index (χ2n) is 6.68. The lowest BCUT2D eigenvalue weighted by Gasteiger charge is -2.18. The van der Waals surface area contributed by atoms with Crippen molar-refractivity contribution in [2.75, 3.05) is 25.5 Å². The van der Waals surface area contributed by atoms with Crippen LogP contribution < -0.4 is 10.6 Å². The molecule has 3 N–H and O–H groups in total. The standard InChI is InChI=1S/C15H15N.C9H12FN.CH4O/c1-2-5-12(6-3-1)13-8-9-15-14(11-13)7-4-10-16-15;1-2-11-7-8-3-5-9(10)6-4-8;1-2/h1-3,5-6,8-9,11,16H,4,7,10H2;3-6,11H,2,7H2,1H3;2H,1H3. The summed E-state index contributed by atoms with van der Waals surface area (Å²) in [6.45, 7) is 4.91. The SMILES string of the molecule is CCNCc1ccc(F)cc1.CO.c1ccc(-c2ccc3c(c2)CCCN3)cc1. The third-order valence-electron chi connectivity index (χ3n) is 4.64. The van der Waals surface area contributed by atoms with E-state index in [2.05, 4.69) is 59.2 Å². The quantitative estimate of drug-likeness (QED) is 0.566. The summed E-state index contributed by atoms with van der Waals surface area (Å²) in [4.78, 5) is 0. The number of aliphatic hydroxyl groups excluding tert-OH is 1. The Morgan fingerprint density at radius 2 is 1.66 bits per heavy atom. The maximum atomic E-state index is 12.4. The summed E-state index contributed by atoms with van der Waals surface area (Å²) < 4.78 is 12.4. The number of aryl methyl sites for hydroxylation is 1. The molecule has 0 fully saturated rings. The molecule has 0 aliphatic carbocycles. The molecule has 0 atom stereocenters. The largest absolute Gasteiger partial charge is 0.400 e. The van der Waals surface area contributed by atoms with Crippen molar-refractivity contribution in [3.8, 4) is 11.1 Å². The summed E-state index contributed by atoms with van der Waals surface area (Å²) in [5.41, 5.74) is 6.51. The number of nitrogens with one attached hydrogen (secondary N) is 2. The first-order valence-corrected chi connectivity index (χ1v) is 10.1. The van der Waals surface area contributed by atoms with E-state index in [9.17, 15) is 4.39 Å². The van der Waals surface area contributed by atoms with Crippen molar-refractivity contribution < 1.29 is 9.50 Å². The van der Waals surface area contributed by atoms with E-state index in [1.165, 1.54) is 47.4 Å². The third-order valence-corrected chi connectivity index (χ3v) is 4.64. The molecule has 0 spiro atoms. The van der Waals surface area contributed by atoms with Crippen LogP contribution in [0.15, 0.2) is 72.8 Å². The minimum absolute atomic E-state index is 0.176. The predicted molar refractivity (Wildman–Crippen MR) is 121 cm³/mol. The Balaban J connectivity index is 0.000000203. The van der Waals surface area contributed by atoms with E-state index in [0.29, 0.717) is 0 Å². The van der Waals surface area contributed by atoms with E-state index in [1.54, 1.807) is 12.1 Å². The first-order valence-electron chi connectivity index (χ1n) is 10.1. The molecule has 4 heteroatoms. The second kappa shape index (κ2) is 12.7. The van der Waals surface area contributed by atoms with E-state index in [4.69, 9.17) is 5.11 Å². The molecule has 3 aromatic carbocycles. The highest BCUT2D eigenvalue weighted by Gasteiger charge is 2.09. The van der Waals surface area contributed by atoms with Crippen LogP contribution in [0.4, 0.5) is 10.1 Å². The molecule has 0 bridgehead atoms. The summed E-state index contributed by atoms with van der Waals surface area (Å²) in [5, 5.41) is 13.6. The van der Waals surface area contributed by atoms with E-state index in [-0.39, 0.29) is 5.82 Å². The van der Waals surface area contributed by atoms with Gasteiger partial charge in [-0.3, -0.25) is 0 Å². The van der Waals surface area contributed by atoms with Crippen LogP contribution in [0, 0.1) is 5.82 Å². The average molecular weight is 395 g/mol. The lowest BCUT2D eigenvalue weighted by Crippen LogP contribution is -2.11. The molecule has 0 saturated heterocycles. The lowest BCUT2D eigenvalue weighted by molar-refractivity contribution is 0.399. The molecule has 4 rings (SSSR count). The number of benzene rings is 3. The normalized spacial score (nSPS) is 11.7. The van der Waals surface area contributed by atoms with Gasteiger partial charge in [0, 0.05) is 25.9 Å². The highest BCUT2D eigenvalue weighted by atomic mass is 19.1. The smallest absolute Gasteiger partial charge is 0.123 e. The number of aliphatic hydroxyl groups is 1. The second-order valence-corrected chi connectivity index (χ2v) is 6.68. The maximum Gasteiger partial charge on any atom is 0.123 e. The van der Waals surface area contributed by atoms with Crippen LogP contribution in [-0.2, 0) is 13.0 Å². The van der Waals surface area contributed by atoms with Crippen molar-refractivity contribution in [1.29, 1.82) is 0 Å². The highest BCUT2D eigenvalue weighted by Crippen LogP contribution is 2.28. The molecule has 1 heterocycles. The van der Waals surface area contributed by atoms with Gasteiger partial charge >= 0.3 is 0 Å². The summed E-state index contributed by atoms with van der Waals surface area (Å²) in [5.74, 6) is -0.176. The highest BCUT2D eigenvalue weighted by molar-refractivity contribution is 5.69. The zero-order chi connectivity index (χ0) is 20.9. The monoisotopic (exact) mass is 394 g/mol. The Labute approximate surface area is 173 Å². The molecule has 0 amide bonds. The molecule has 0 saturated carbocycles. The summed E-state index contributed by atoms with van der Waals surface area (Å²) in [6.07, 6.45) is 2.44. The summed E-state index contributed by atoms with van der Waals surface area (Å²) in [6, 6.07) is 23.8. The van der Waals surface area contributed by atoms with Crippen molar-refractivity contribution in [3.05, 3.63) is 89.7 Å². The minimum atomic E-state index is -0.176. The van der Waals surface area contributed by atoms with Crippen molar-refractivity contribution >= 4 is 5.69 Å². The van der Waals surface area contributed by atoms with Crippen LogP contribution in [-0.4, -0.2) is 25.3 Å². The van der Waals surface area contributed by atoms with Gasteiger partial charge in [0.25, 0.3) is 0 Å². The molecule has 1 aliphatic heterocycles. The van der Waals surface area contributed by atoms with Gasteiger partial charge in [-0.05, 0) is 65.9 Å². The van der Waals surface area contributed by atoms with Crippen LogP contribution in [0.2, 0.25) is 0 Å². The van der Waals surface area contributed by atoms with Gasteiger partial charge in [-0.15, -0.1) is 0 Å². The zero-order valence-corrected chi connectivity index (χ0v) is 17.3. The number of hydrogen-bond donors (Lipinski definition) is 3. The number of rotatable bonds is 4. The molecule has 3 aromatic rings. The van der Waals surface area contributed by atoms with Gasteiger partial charge in [-0.25, -0.2) is 4.39 Å². The average Bonchev–Trinajstić information content (AvgIpc) is 2.81. The lowest BCUT2D eigenvalue weighted by atomic mass is 9.97. The number of fused-ring (bicyclic) bond motifs is 1. The Morgan fingerprint density at radius 1 is 0.931 bits per heavy atom. The van der Waals surface area contributed by atoms with Crippen LogP contribution in [0.5, 0.6) is 0 Å². The number of hydrogen-bond acceptors (Lipinski definition) is 3. The van der Waals surface area contributed by atoms with Gasteiger partial charge < -0.3 is 15.7 Å². The topological polar surface area (TPSA) is 44.3 Å². The fourth-order valence-electron chi connectivity index (χ4n) is 3.16. The van der Waals surface area contributed by atoms with E-state index in [0.717, 1.165) is 32.3 Å². The Kier molecular flexibility index (Phi) is 9.90.